The minimum absolute atomic E-state index is 0.0460. The van der Waals surface area contributed by atoms with Crippen LogP contribution in [0.4, 0.5) is 0 Å². The molecule has 1 aromatic carbocycles. The molecule has 0 bridgehead atoms. The number of carbonyl (C=O) groups is 2. The third kappa shape index (κ3) is 5.36. The van der Waals surface area contributed by atoms with Crippen LogP contribution in [-0.2, 0) is 16.0 Å². The highest BCUT2D eigenvalue weighted by atomic mass is 16.2. The molecule has 2 N–H and O–H groups in total. The second-order valence-corrected chi connectivity index (χ2v) is 7.37. The van der Waals surface area contributed by atoms with E-state index in [0.29, 0.717) is 5.92 Å². The van der Waals surface area contributed by atoms with Gasteiger partial charge in [0.1, 0.15) is 0 Å². The fraction of sp³-hybridized carbons (Fsp3) is 0.600. The van der Waals surface area contributed by atoms with Crippen molar-refractivity contribution in [2.24, 2.45) is 11.8 Å². The molecule has 0 aliphatic heterocycles. The van der Waals surface area contributed by atoms with E-state index in [1.54, 1.807) is 0 Å². The number of amides is 2. The van der Waals surface area contributed by atoms with Crippen molar-refractivity contribution in [3.63, 3.8) is 0 Å². The molecule has 2 rings (SSSR count). The van der Waals surface area contributed by atoms with Crippen LogP contribution < -0.4 is 10.9 Å². The molecule has 4 heteroatoms. The normalized spacial score (nSPS) is 16.7. The summed E-state index contributed by atoms with van der Waals surface area (Å²) in [5.41, 5.74) is 7.44. The predicted octanol–water partition coefficient (Wildman–Crippen LogP) is 3.72. The summed E-state index contributed by atoms with van der Waals surface area (Å²) in [6, 6.07) is 8.18. The van der Waals surface area contributed by atoms with Crippen molar-refractivity contribution in [3.8, 4) is 0 Å². The van der Waals surface area contributed by atoms with Crippen LogP contribution in [0.5, 0.6) is 0 Å². The van der Waals surface area contributed by atoms with Gasteiger partial charge >= 0.3 is 0 Å². The molecular weight excluding hydrogens is 300 g/mol. The second-order valence-electron chi connectivity index (χ2n) is 7.37. The highest BCUT2D eigenvalue weighted by molar-refractivity contribution is 5.86. The first kappa shape index (κ1) is 18.5. The van der Waals surface area contributed by atoms with Gasteiger partial charge in [-0.1, -0.05) is 57.4 Å². The topological polar surface area (TPSA) is 58.2 Å². The standard InChI is InChI=1S/C20H30N2O2/c1-14(2)13-16-9-11-17(12-10-16)15(3)19(23)21-22-20(24)18-7-5-4-6-8-18/h9-12,14-15,18H,4-8,13H2,1-3H3,(H,21,23)(H,22,24). The van der Waals surface area contributed by atoms with Gasteiger partial charge in [-0.25, -0.2) is 0 Å². The quantitative estimate of drug-likeness (QED) is 0.809. The summed E-state index contributed by atoms with van der Waals surface area (Å²) in [7, 11) is 0. The Hall–Kier alpha value is -1.84. The Morgan fingerprint density at radius 1 is 1.00 bits per heavy atom. The van der Waals surface area contributed by atoms with Gasteiger partial charge in [-0.2, -0.15) is 0 Å². The fourth-order valence-corrected chi connectivity index (χ4v) is 3.26. The van der Waals surface area contributed by atoms with Crippen molar-refractivity contribution < 1.29 is 9.59 Å². The average molecular weight is 330 g/mol. The Balaban J connectivity index is 1.83. The van der Waals surface area contributed by atoms with Crippen molar-refractivity contribution in [2.45, 2.75) is 65.2 Å². The lowest BCUT2D eigenvalue weighted by molar-refractivity contribution is -0.132. The van der Waals surface area contributed by atoms with Gasteiger partial charge in [0.15, 0.2) is 0 Å². The Bertz CT molecular complexity index is 545. The SMILES string of the molecule is CC(C)Cc1ccc(C(C)C(=O)NNC(=O)C2CCCCC2)cc1. The predicted molar refractivity (Wildman–Crippen MR) is 96.3 cm³/mol. The third-order valence-corrected chi connectivity index (χ3v) is 4.80. The van der Waals surface area contributed by atoms with E-state index in [-0.39, 0.29) is 23.7 Å². The monoisotopic (exact) mass is 330 g/mol. The summed E-state index contributed by atoms with van der Waals surface area (Å²) in [6.07, 6.45) is 6.30. The maximum Gasteiger partial charge on any atom is 0.245 e. The number of hydrogen-bond donors (Lipinski definition) is 2. The molecule has 0 heterocycles. The summed E-state index contributed by atoms with van der Waals surface area (Å²) in [6.45, 7) is 6.25. The van der Waals surface area contributed by atoms with Crippen LogP contribution >= 0.6 is 0 Å². The molecule has 4 nitrogen and oxygen atoms in total. The minimum atomic E-state index is -0.287. The first-order chi connectivity index (χ1) is 11.5. The summed E-state index contributed by atoms with van der Waals surface area (Å²) >= 11 is 0. The van der Waals surface area contributed by atoms with Gasteiger partial charge in [0.05, 0.1) is 5.92 Å². The molecule has 1 aromatic rings. The largest absolute Gasteiger partial charge is 0.273 e. The van der Waals surface area contributed by atoms with Crippen LogP contribution in [0.3, 0.4) is 0 Å². The van der Waals surface area contributed by atoms with E-state index in [4.69, 9.17) is 0 Å². The summed E-state index contributed by atoms with van der Waals surface area (Å²) in [4.78, 5) is 24.4. The van der Waals surface area contributed by atoms with Gasteiger partial charge in [0.2, 0.25) is 11.8 Å². The Kier molecular flexibility index (Phi) is 6.83. The molecule has 0 radical (unpaired) electrons. The van der Waals surface area contributed by atoms with Crippen LogP contribution in [0, 0.1) is 11.8 Å². The van der Waals surface area contributed by atoms with Crippen molar-refractivity contribution in [1.82, 2.24) is 10.9 Å². The minimum Gasteiger partial charge on any atom is -0.273 e. The maximum absolute atomic E-state index is 12.3. The first-order valence-corrected chi connectivity index (χ1v) is 9.16. The van der Waals surface area contributed by atoms with Crippen molar-refractivity contribution >= 4 is 11.8 Å². The maximum atomic E-state index is 12.3. The Labute approximate surface area is 145 Å². The molecule has 2 amide bonds. The van der Waals surface area contributed by atoms with E-state index in [2.05, 4.69) is 36.8 Å². The van der Waals surface area contributed by atoms with Gasteiger partial charge in [-0.3, -0.25) is 20.4 Å². The molecule has 1 fully saturated rings. The molecule has 1 saturated carbocycles. The highest BCUT2D eigenvalue weighted by Gasteiger charge is 2.22. The van der Waals surface area contributed by atoms with Gasteiger partial charge in [0.25, 0.3) is 0 Å². The first-order valence-electron chi connectivity index (χ1n) is 9.16. The van der Waals surface area contributed by atoms with Crippen molar-refractivity contribution in [1.29, 1.82) is 0 Å². The van der Waals surface area contributed by atoms with Crippen molar-refractivity contribution in [2.75, 3.05) is 0 Å². The number of hydrazine groups is 1. The average Bonchev–Trinajstić information content (AvgIpc) is 2.59. The van der Waals surface area contributed by atoms with E-state index in [9.17, 15) is 9.59 Å². The lowest BCUT2D eigenvalue weighted by atomic mass is 9.89. The van der Waals surface area contributed by atoms with Crippen LogP contribution in [0.25, 0.3) is 0 Å². The molecule has 1 aliphatic rings. The van der Waals surface area contributed by atoms with Gasteiger partial charge in [0, 0.05) is 5.92 Å². The van der Waals surface area contributed by atoms with Crippen LogP contribution in [-0.4, -0.2) is 11.8 Å². The molecule has 1 atom stereocenters. The number of hydrogen-bond acceptors (Lipinski definition) is 2. The number of nitrogens with one attached hydrogen (secondary N) is 2. The smallest absolute Gasteiger partial charge is 0.245 e. The number of benzene rings is 1. The van der Waals surface area contributed by atoms with Gasteiger partial charge < -0.3 is 0 Å². The van der Waals surface area contributed by atoms with Crippen LogP contribution in [0.1, 0.15) is 69.9 Å². The number of rotatable bonds is 5. The third-order valence-electron chi connectivity index (χ3n) is 4.80. The molecule has 0 spiro atoms. The van der Waals surface area contributed by atoms with Gasteiger partial charge in [-0.15, -0.1) is 0 Å². The molecule has 0 aromatic heterocycles. The van der Waals surface area contributed by atoms with E-state index in [0.717, 1.165) is 37.7 Å². The van der Waals surface area contributed by atoms with Gasteiger partial charge in [-0.05, 0) is 43.2 Å². The molecule has 1 unspecified atom stereocenters. The van der Waals surface area contributed by atoms with Crippen LogP contribution in [0.15, 0.2) is 24.3 Å². The van der Waals surface area contributed by atoms with Crippen molar-refractivity contribution in [3.05, 3.63) is 35.4 Å². The molecule has 132 valence electrons. The Morgan fingerprint density at radius 3 is 2.21 bits per heavy atom. The Morgan fingerprint density at radius 2 is 1.62 bits per heavy atom. The zero-order valence-electron chi connectivity index (χ0n) is 15.1. The van der Waals surface area contributed by atoms with E-state index < -0.39 is 0 Å². The zero-order valence-corrected chi connectivity index (χ0v) is 15.1. The molecule has 24 heavy (non-hydrogen) atoms. The molecular formula is C20H30N2O2. The molecule has 0 saturated heterocycles. The highest BCUT2D eigenvalue weighted by Crippen LogP contribution is 2.23. The summed E-state index contributed by atoms with van der Waals surface area (Å²) in [5, 5.41) is 0. The summed E-state index contributed by atoms with van der Waals surface area (Å²) < 4.78 is 0. The lowest BCUT2D eigenvalue weighted by Gasteiger charge is -2.21. The lowest BCUT2D eigenvalue weighted by Crippen LogP contribution is -2.46. The van der Waals surface area contributed by atoms with E-state index >= 15 is 0 Å². The molecule has 1 aliphatic carbocycles. The zero-order chi connectivity index (χ0) is 17.5. The fourth-order valence-electron chi connectivity index (χ4n) is 3.26. The van der Waals surface area contributed by atoms with Crippen LogP contribution in [0.2, 0.25) is 0 Å². The summed E-state index contributed by atoms with van der Waals surface area (Å²) in [5.74, 6) is 0.152. The second kappa shape index (κ2) is 8.86. The van der Waals surface area contributed by atoms with E-state index in [1.165, 1.54) is 12.0 Å². The van der Waals surface area contributed by atoms with E-state index in [1.807, 2.05) is 19.1 Å². The number of carbonyl (C=O) groups excluding carboxylic acids is 2.